The van der Waals surface area contributed by atoms with Crippen LogP contribution >= 0.6 is 0 Å². The predicted molar refractivity (Wildman–Crippen MR) is 102 cm³/mol. The molecule has 2 aromatic rings. The zero-order valence-electron chi connectivity index (χ0n) is 15.0. The summed E-state index contributed by atoms with van der Waals surface area (Å²) in [6.07, 6.45) is 1.59. The molecule has 0 saturated carbocycles. The van der Waals surface area contributed by atoms with Crippen LogP contribution in [0.5, 0.6) is 0 Å². The Labute approximate surface area is 153 Å². The maximum absolute atomic E-state index is 12.5. The number of amides is 2. The highest BCUT2D eigenvalue weighted by Gasteiger charge is 2.40. The molecule has 0 radical (unpaired) electrons. The van der Waals surface area contributed by atoms with E-state index in [1.807, 2.05) is 54.6 Å². The van der Waals surface area contributed by atoms with Crippen molar-refractivity contribution in [1.29, 1.82) is 0 Å². The first-order valence-electron chi connectivity index (χ1n) is 8.82. The second-order valence-electron chi connectivity index (χ2n) is 6.80. The Kier molecular flexibility index (Phi) is 5.46. The molecule has 5 heteroatoms. The Bertz CT molecular complexity index is 798. The lowest BCUT2D eigenvalue weighted by atomic mass is 9.88. The highest BCUT2D eigenvalue weighted by molar-refractivity contribution is 6.03. The summed E-state index contributed by atoms with van der Waals surface area (Å²) in [5.41, 5.74) is 5.63. The fraction of sp³-hybridized carbons (Fsp3) is 0.286. The highest BCUT2D eigenvalue weighted by atomic mass is 16.2. The van der Waals surface area contributed by atoms with Gasteiger partial charge in [0.25, 0.3) is 5.91 Å². The predicted octanol–water partition coefficient (Wildman–Crippen LogP) is 2.79. The third-order valence-electron chi connectivity index (χ3n) is 4.68. The molecular formula is C21H23N3O2. The second-order valence-corrected chi connectivity index (χ2v) is 6.80. The lowest BCUT2D eigenvalue weighted by Gasteiger charge is -2.15. The number of hydrazone groups is 1. The average Bonchev–Trinajstić information content (AvgIpc) is 3.04. The molecule has 0 unspecified atom stereocenters. The normalized spacial score (nSPS) is 19.7. The maximum atomic E-state index is 12.5. The first-order chi connectivity index (χ1) is 12.6. The summed E-state index contributed by atoms with van der Waals surface area (Å²) in [5, 5.41) is 6.79. The second kappa shape index (κ2) is 7.95. The van der Waals surface area contributed by atoms with Crippen molar-refractivity contribution in [3.8, 4) is 0 Å². The molecule has 0 aliphatic carbocycles. The topological polar surface area (TPSA) is 70.6 Å². The third-order valence-corrected chi connectivity index (χ3v) is 4.68. The minimum atomic E-state index is -0.766. The summed E-state index contributed by atoms with van der Waals surface area (Å²) in [6, 6.07) is 17.6. The lowest BCUT2D eigenvalue weighted by Crippen LogP contribution is -2.34. The number of benzene rings is 2. The maximum Gasteiger partial charge on any atom is 0.253 e. The van der Waals surface area contributed by atoms with Crippen LogP contribution in [-0.2, 0) is 9.59 Å². The molecule has 0 bridgehead atoms. The molecule has 0 aromatic heterocycles. The van der Waals surface area contributed by atoms with E-state index < -0.39 is 5.92 Å². The van der Waals surface area contributed by atoms with Gasteiger partial charge in [-0.15, -0.1) is 0 Å². The van der Waals surface area contributed by atoms with Gasteiger partial charge in [0.1, 0.15) is 5.92 Å². The van der Waals surface area contributed by atoms with Gasteiger partial charge in [-0.05, 0) is 22.6 Å². The summed E-state index contributed by atoms with van der Waals surface area (Å²) < 4.78 is 0. The van der Waals surface area contributed by atoms with Crippen LogP contribution in [0.2, 0.25) is 0 Å². The molecule has 1 saturated heterocycles. The van der Waals surface area contributed by atoms with Crippen LogP contribution in [0.4, 0.5) is 0 Å². The van der Waals surface area contributed by atoms with E-state index in [0.29, 0.717) is 12.5 Å². The Hall–Kier alpha value is -2.95. The van der Waals surface area contributed by atoms with Crippen molar-refractivity contribution in [2.45, 2.75) is 25.7 Å². The molecule has 1 aliphatic heterocycles. The van der Waals surface area contributed by atoms with E-state index in [1.54, 1.807) is 6.21 Å². The summed E-state index contributed by atoms with van der Waals surface area (Å²) in [4.78, 5) is 24.6. The van der Waals surface area contributed by atoms with Gasteiger partial charge >= 0.3 is 0 Å². The molecule has 0 spiro atoms. The van der Waals surface area contributed by atoms with Gasteiger partial charge in [0.05, 0.1) is 6.21 Å². The zero-order chi connectivity index (χ0) is 18.5. The largest absolute Gasteiger partial charge is 0.355 e. The van der Waals surface area contributed by atoms with E-state index in [1.165, 1.54) is 5.56 Å². The molecule has 2 amide bonds. The van der Waals surface area contributed by atoms with E-state index in [9.17, 15) is 9.59 Å². The number of rotatable bonds is 5. The zero-order valence-corrected chi connectivity index (χ0v) is 15.0. The number of carbonyl (C=O) groups excluding carboxylic acids is 2. The van der Waals surface area contributed by atoms with Crippen molar-refractivity contribution in [1.82, 2.24) is 10.7 Å². The van der Waals surface area contributed by atoms with Crippen molar-refractivity contribution in [2.24, 2.45) is 11.0 Å². The standard InChI is InChI=1S/C21H23N3O2/c1-14(2)16-10-8-15(9-11-16)12-23-24-21(26)19-18(13-22-20(19)25)17-6-4-3-5-7-17/h3-12,14,18-19H,13H2,1-2H3,(H,22,25)(H,24,26)/t18-,19+/m0/s1. The quantitative estimate of drug-likeness (QED) is 0.495. The molecular weight excluding hydrogens is 326 g/mol. The molecule has 5 nitrogen and oxygen atoms in total. The van der Waals surface area contributed by atoms with E-state index in [-0.39, 0.29) is 17.7 Å². The van der Waals surface area contributed by atoms with E-state index >= 15 is 0 Å². The summed E-state index contributed by atoms with van der Waals surface area (Å²) in [7, 11) is 0. The van der Waals surface area contributed by atoms with Crippen LogP contribution in [0, 0.1) is 5.92 Å². The van der Waals surface area contributed by atoms with Crippen molar-refractivity contribution in [3.05, 3.63) is 71.3 Å². The first-order valence-corrected chi connectivity index (χ1v) is 8.82. The third kappa shape index (κ3) is 3.99. The minimum Gasteiger partial charge on any atom is -0.355 e. The van der Waals surface area contributed by atoms with Crippen molar-refractivity contribution in [2.75, 3.05) is 6.54 Å². The van der Waals surface area contributed by atoms with Gasteiger partial charge in [0, 0.05) is 12.5 Å². The molecule has 1 aliphatic rings. The van der Waals surface area contributed by atoms with Gasteiger partial charge in [-0.3, -0.25) is 9.59 Å². The average molecular weight is 349 g/mol. The summed E-state index contributed by atoms with van der Waals surface area (Å²) in [5.74, 6) is -1.12. The van der Waals surface area contributed by atoms with E-state index in [2.05, 4.69) is 29.7 Å². The number of hydrogen-bond donors (Lipinski definition) is 2. The Balaban J connectivity index is 1.65. The molecule has 2 N–H and O–H groups in total. The van der Waals surface area contributed by atoms with Crippen LogP contribution in [0.25, 0.3) is 0 Å². The Morgan fingerprint density at radius 3 is 2.50 bits per heavy atom. The fourth-order valence-corrected chi connectivity index (χ4v) is 3.14. The monoisotopic (exact) mass is 349 g/mol. The Morgan fingerprint density at radius 1 is 1.15 bits per heavy atom. The molecule has 2 atom stereocenters. The van der Waals surface area contributed by atoms with Crippen LogP contribution in [0.15, 0.2) is 59.7 Å². The van der Waals surface area contributed by atoms with Gasteiger partial charge in [-0.25, -0.2) is 5.43 Å². The van der Waals surface area contributed by atoms with Gasteiger partial charge in [0.15, 0.2) is 0 Å². The molecule has 134 valence electrons. The van der Waals surface area contributed by atoms with Crippen LogP contribution in [0.1, 0.15) is 42.4 Å². The van der Waals surface area contributed by atoms with Crippen molar-refractivity contribution >= 4 is 18.0 Å². The van der Waals surface area contributed by atoms with E-state index in [4.69, 9.17) is 0 Å². The first kappa shape index (κ1) is 17.9. The van der Waals surface area contributed by atoms with Gasteiger partial charge < -0.3 is 5.32 Å². The number of nitrogens with zero attached hydrogens (tertiary/aromatic N) is 1. The molecule has 3 rings (SSSR count). The Morgan fingerprint density at radius 2 is 1.85 bits per heavy atom. The smallest absolute Gasteiger partial charge is 0.253 e. The summed E-state index contributed by atoms with van der Waals surface area (Å²) in [6.45, 7) is 4.74. The number of hydrogen-bond acceptors (Lipinski definition) is 3. The van der Waals surface area contributed by atoms with Gasteiger partial charge in [0.2, 0.25) is 5.91 Å². The number of carbonyl (C=O) groups is 2. The van der Waals surface area contributed by atoms with E-state index in [0.717, 1.165) is 11.1 Å². The van der Waals surface area contributed by atoms with Crippen LogP contribution < -0.4 is 10.7 Å². The number of nitrogens with one attached hydrogen (secondary N) is 2. The summed E-state index contributed by atoms with van der Waals surface area (Å²) >= 11 is 0. The molecule has 2 aromatic carbocycles. The minimum absolute atomic E-state index is 0.177. The molecule has 26 heavy (non-hydrogen) atoms. The van der Waals surface area contributed by atoms with Gasteiger partial charge in [-0.2, -0.15) is 5.10 Å². The SMILES string of the molecule is CC(C)c1ccc(C=NNC(=O)[C@H]2C(=O)NC[C@H]2c2ccccc2)cc1. The molecule has 1 heterocycles. The lowest BCUT2D eigenvalue weighted by molar-refractivity contribution is -0.133. The van der Waals surface area contributed by atoms with Crippen molar-refractivity contribution < 1.29 is 9.59 Å². The molecule has 1 fully saturated rings. The highest BCUT2D eigenvalue weighted by Crippen LogP contribution is 2.28. The van der Waals surface area contributed by atoms with Crippen LogP contribution in [0.3, 0.4) is 0 Å². The fourth-order valence-electron chi connectivity index (χ4n) is 3.14. The van der Waals surface area contributed by atoms with Crippen molar-refractivity contribution in [3.63, 3.8) is 0 Å². The van der Waals surface area contributed by atoms with Crippen LogP contribution in [-0.4, -0.2) is 24.6 Å². The van der Waals surface area contributed by atoms with Gasteiger partial charge in [-0.1, -0.05) is 68.4 Å².